The van der Waals surface area contributed by atoms with Gasteiger partial charge in [-0.3, -0.25) is 4.79 Å². The first-order valence-electron chi connectivity index (χ1n) is 3.27. The molecule has 0 amide bonds. The number of nitrogens with two attached hydrogens (primary N) is 1. The van der Waals surface area contributed by atoms with Gasteiger partial charge in [0.2, 0.25) is 0 Å². The van der Waals surface area contributed by atoms with Gasteiger partial charge in [-0.25, -0.2) is 0 Å². The summed E-state index contributed by atoms with van der Waals surface area (Å²) in [6, 6.07) is -1.13. The van der Waals surface area contributed by atoms with Crippen LogP contribution in [0.3, 0.4) is 0 Å². The van der Waals surface area contributed by atoms with Crippen LogP contribution in [0.1, 0.15) is 6.92 Å². The Hall–Kier alpha value is -0.490. The van der Waals surface area contributed by atoms with E-state index in [2.05, 4.69) is 0 Å². The van der Waals surface area contributed by atoms with Crippen molar-refractivity contribution in [1.82, 2.24) is 0 Å². The van der Waals surface area contributed by atoms with Gasteiger partial charge in [-0.2, -0.15) is 0 Å². The van der Waals surface area contributed by atoms with Crippen LogP contribution in [0.15, 0.2) is 0 Å². The number of Topliss-reactive ketones (excluding diaryl/α,β-unsaturated/α-hetero) is 1. The Morgan fingerprint density at radius 3 is 2.27 bits per heavy atom. The molecular formula is C6H13NO4. The van der Waals surface area contributed by atoms with Crippen LogP contribution >= 0.6 is 0 Å². The average molecular weight is 163 g/mol. The highest BCUT2D eigenvalue weighted by molar-refractivity contribution is 5.88. The van der Waals surface area contributed by atoms with Crippen LogP contribution in [0.4, 0.5) is 0 Å². The van der Waals surface area contributed by atoms with Gasteiger partial charge in [-0.15, -0.1) is 0 Å². The number of aliphatic hydroxyl groups is 3. The lowest BCUT2D eigenvalue weighted by Gasteiger charge is -2.15. The van der Waals surface area contributed by atoms with Crippen LogP contribution in [0.5, 0.6) is 0 Å². The van der Waals surface area contributed by atoms with E-state index in [-0.39, 0.29) is 0 Å². The summed E-state index contributed by atoms with van der Waals surface area (Å²) >= 11 is 0. The van der Waals surface area contributed by atoms with E-state index >= 15 is 0 Å². The molecule has 5 nitrogen and oxygen atoms in total. The molecule has 0 spiro atoms. The summed E-state index contributed by atoms with van der Waals surface area (Å²) in [5, 5.41) is 25.9. The van der Waals surface area contributed by atoms with E-state index in [1.807, 2.05) is 0 Å². The summed E-state index contributed by atoms with van der Waals surface area (Å²) in [6.45, 7) is 0.673. The van der Waals surface area contributed by atoms with Crippen molar-refractivity contribution in [3.8, 4) is 0 Å². The Morgan fingerprint density at radius 2 is 2.00 bits per heavy atom. The summed E-state index contributed by atoms with van der Waals surface area (Å²) in [4.78, 5) is 10.8. The Balaban J connectivity index is 4.02. The number of ketones is 1. The van der Waals surface area contributed by atoms with Crippen molar-refractivity contribution in [3.05, 3.63) is 0 Å². The molecule has 0 aromatic carbocycles. The molecule has 3 atom stereocenters. The fourth-order valence-electron chi connectivity index (χ4n) is 0.550. The molecule has 66 valence electrons. The van der Waals surface area contributed by atoms with Gasteiger partial charge in [0.05, 0.1) is 18.8 Å². The normalized spacial score (nSPS) is 19.0. The van der Waals surface area contributed by atoms with Crippen LogP contribution in [0, 0.1) is 0 Å². The van der Waals surface area contributed by atoms with Gasteiger partial charge < -0.3 is 21.1 Å². The fourth-order valence-corrected chi connectivity index (χ4v) is 0.550. The Labute approximate surface area is 64.4 Å². The van der Waals surface area contributed by atoms with Crippen molar-refractivity contribution in [1.29, 1.82) is 0 Å². The van der Waals surface area contributed by atoms with E-state index in [9.17, 15) is 4.79 Å². The molecule has 11 heavy (non-hydrogen) atoms. The van der Waals surface area contributed by atoms with Gasteiger partial charge in [0.25, 0.3) is 0 Å². The summed E-state index contributed by atoms with van der Waals surface area (Å²) < 4.78 is 0. The molecule has 5 N–H and O–H groups in total. The lowest BCUT2D eigenvalue weighted by Crippen LogP contribution is -2.46. The highest BCUT2D eigenvalue weighted by Gasteiger charge is 2.24. The minimum Gasteiger partial charge on any atom is -0.393 e. The molecule has 5 heteroatoms. The van der Waals surface area contributed by atoms with Gasteiger partial charge in [-0.05, 0) is 6.92 Å². The third-order valence-electron chi connectivity index (χ3n) is 1.35. The molecule has 0 bridgehead atoms. The lowest BCUT2D eigenvalue weighted by molar-refractivity contribution is -0.132. The maximum Gasteiger partial charge on any atom is 0.182 e. The zero-order valence-electron chi connectivity index (χ0n) is 6.27. The average Bonchev–Trinajstić information content (AvgIpc) is 2.00. The van der Waals surface area contributed by atoms with Crippen molar-refractivity contribution < 1.29 is 20.1 Å². The molecule has 0 aliphatic heterocycles. The molecule has 0 fully saturated rings. The standard InChI is InChI=1S/C6H13NO4/c1-3(9)5(7)6(11)4(10)2-8/h3-5,8-10H,2,7H2,1H3/t3-,4+,5+/m1/s1. The quantitative estimate of drug-likeness (QED) is 0.370. The van der Waals surface area contributed by atoms with Crippen molar-refractivity contribution in [2.45, 2.75) is 25.2 Å². The summed E-state index contributed by atoms with van der Waals surface area (Å²) in [5.41, 5.74) is 5.17. The highest BCUT2D eigenvalue weighted by atomic mass is 16.3. The molecule has 0 rings (SSSR count). The predicted octanol–water partition coefficient (Wildman–Crippen LogP) is -2.38. The Morgan fingerprint density at radius 1 is 1.55 bits per heavy atom. The number of carbonyl (C=O) groups excluding carboxylic acids is 1. The largest absolute Gasteiger partial charge is 0.393 e. The summed E-state index contributed by atoms with van der Waals surface area (Å²) in [5.74, 6) is -0.748. The SMILES string of the molecule is C[C@@H](O)[C@H](N)C(=O)[C@@H](O)CO. The highest BCUT2D eigenvalue weighted by Crippen LogP contribution is 1.95. The fraction of sp³-hybridized carbons (Fsp3) is 0.833. The second-order valence-electron chi connectivity index (χ2n) is 2.37. The van der Waals surface area contributed by atoms with Crippen LogP contribution in [-0.2, 0) is 4.79 Å². The first kappa shape index (κ1) is 10.5. The number of aliphatic hydroxyl groups excluding tert-OH is 3. The van der Waals surface area contributed by atoms with Crippen LogP contribution in [-0.4, -0.2) is 46.0 Å². The summed E-state index contributed by atoms with van der Waals surface area (Å²) in [6.07, 6.45) is -2.50. The second kappa shape index (κ2) is 4.40. The molecule has 0 aromatic rings. The van der Waals surface area contributed by atoms with Crippen LogP contribution in [0.2, 0.25) is 0 Å². The molecule has 0 aliphatic rings. The van der Waals surface area contributed by atoms with E-state index in [1.165, 1.54) is 6.92 Å². The van der Waals surface area contributed by atoms with Gasteiger partial charge >= 0.3 is 0 Å². The van der Waals surface area contributed by atoms with Crippen molar-refractivity contribution in [3.63, 3.8) is 0 Å². The van der Waals surface area contributed by atoms with E-state index in [0.29, 0.717) is 0 Å². The first-order chi connectivity index (χ1) is 5.00. The van der Waals surface area contributed by atoms with Crippen molar-refractivity contribution >= 4 is 5.78 Å². The lowest BCUT2D eigenvalue weighted by atomic mass is 10.0. The zero-order chi connectivity index (χ0) is 9.02. The molecule has 0 aliphatic carbocycles. The zero-order valence-corrected chi connectivity index (χ0v) is 6.27. The van der Waals surface area contributed by atoms with Gasteiger partial charge in [0.1, 0.15) is 6.10 Å². The number of carbonyl (C=O) groups is 1. The van der Waals surface area contributed by atoms with Crippen molar-refractivity contribution in [2.75, 3.05) is 6.61 Å². The van der Waals surface area contributed by atoms with E-state index in [1.54, 1.807) is 0 Å². The molecule has 0 saturated heterocycles. The molecule has 0 radical (unpaired) electrons. The first-order valence-corrected chi connectivity index (χ1v) is 3.27. The third-order valence-corrected chi connectivity index (χ3v) is 1.35. The topological polar surface area (TPSA) is 104 Å². The minimum absolute atomic E-state index is 0.667. The van der Waals surface area contributed by atoms with Crippen LogP contribution in [0.25, 0.3) is 0 Å². The number of hydrogen-bond donors (Lipinski definition) is 4. The smallest absolute Gasteiger partial charge is 0.182 e. The van der Waals surface area contributed by atoms with Crippen molar-refractivity contribution in [2.24, 2.45) is 5.73 Å². The number of rotatable bonds is 4. The second-order valence-corrected chi connectivity index (χ2v) is 2.37. The van der Waals surface area contributed by atoms with Gasteiger partial charge in [-0.1, -0.05) is 0 Å². The maximum absolute atomic E-state index is 10.8. The number of hydrogen-bond acceptors (Lipinski definition) is 5. The molecule has 0 saturated carbocycles. The summed E-state index contributed by atoms with van der Waals surface area (Å²) in [7, 11) is 0. The Bertz CT molecular complexity index is 137. The Kier molecular flexibility index (Phi) is 4.20. The van der Waals surface area contributed by atoms with Gasteiger partial charge in [0.15, 0.2) is 5.78 Å². The molecule has 0 aromatic heterocycles. The van der Waals surface area contributed by atoms with E-state index in [4.69, 9.17) is 21.1 Å². The monoisotopic (exact) mass is 163 g/mol. The molecule has 0 heterocycles. The minimum atomic E-state index is -1.49. The van der Waals surface area contributed by atoms with Crippen LogP contribution < -0.4 is 5.73 Å². The molecular weight excluding hydrogens is 150 g/mol. The third kappa shape index (κ3) is 2.94. The van der Waals surface area contributed by atoms with E-state index in [0.717, 1.165) is 0 Å². The maximum atomic E-state index is 10.8. The predicted molar refractivity (Wildman–Crippen MR) is 37.8 cm³/mol. The van der Waals surface area contributed by atoms with E-state index < -0.39 is 30.6 Å². The van der Waals surface area contributed by atoms with Gasteiger partial charge in [0, 0.05) is 0 Å². The molecule has 0 unspecified atom stereocenters.